The standard InChI is InChI=1S/4C8H8O2.Mo/c4*1-6-2-4-7(5-3-6)8(9)10;/h4*2-5H,1H3,(H,9,10);/q;;;;+4/p-4. The average molecular weight is 637 g/mol. The molecule has 9 heteroatoms. The summed E-state index contributed by atoms with van der Waals surface area (Å²) in [5, 5.41) is 40.8. The molecule has 0 heterocycles. The van der Waals surface area contributed by atoms with E-state index < -0.39 is 23.9 Å². The van der Waals surface area contributed by atoms with Gasteiger partial charge in [0.25, 0.3) is 0 Å². The van der Waals surface area contributed by atoms with Gasteiger partial charge in [-0.05, 0) is 49.9 Å². The third kappa shape index (κ3) is 15.0. The van der Waals surface area contributed by atoms with Gasteiger partial charge in [-0.1, -0.05) is 119 Å². The molecule has 0 saturated heterocycles. The van der Waals surface area contributed by atoms with E-state index in [1.54, 1.807) is 48.5 Å². The van der Waals surface area contributed by atoms with Crippen LogP contribution in [0.5, 0.6) is 0 Å². The van der Waals surface area contributed by atoms with Crippen molar-refractivity contribution in [1.82, 2.24) is 0 Å². The van der Waals surface area contributed by atoms with Gasteiger partial charge in [-0.15, -0.1) is 0 Å². The minimum absolute atomic E-state index is 0. The summed E-state index contributed by atoms with van der Waals surface area (Å²) >= 11 is 0. The minimum atomic E-state index is -1.12. The first-order chi connectivity index (χ1) is 18.8. The van der Waals surface area contributed by atoms with Gasteiger partial charge in [0.2, 0.25) is 0 Å². The average Bonchev–Trinajstić information content (AvgIpc) is 2.91. The fraction of sp³-hybridized carbons (Fsp3) is 0.125. The zero-order valence-corrected chi connectivity index (χ0v) is 24.9. The van der Waals surface area contributed by atoms with E-state index in [-0.39, 0.29) is 43.3 Å². The number of aromatic carboxylic acids is 4. The smallest absolute Gasteiger partial charge is 0.545 e. The van der Waals surface area contributed by atoms with Crippen LogP contribution >= 0.6 is 0 Å². The summed E-state index contributed by atoms with van der Waals surface area (Å²) in [5.74, 6) is -4.50. The van der Waals surface area contributed by atoms with Crippen LogP contribution in [0.25, 0.3) is 0 Å². The summed E-state index contributed by atoms with van der Waals surface area (Å²) in [6.07, 6.45) is 0. The van der Waals surface area contributed by atoms with Gasteiger partial charge in [-0.25, -0.2) is 0 Å². The summed E-state index contributed by atoms with van der Waals surface area (Å²) < 4.78 is 0. The van der Waals surface area contributed by atoms with Gasteiger partial charge >= 0.3 is 21.1 Å². The normalized spacial score (nSPS) is 9.07. The van der Waals surface area contributed by atoms with Gasteiger partial charge in [0.05, 0.1) is 23.9 Å². The molecule has 0 saturated carbocycles. The Morgan fingerprint density at radius 1 is 0.341 bits per heavy atom. The van der Waals surface area contributed by atoms with E-state index in [4.69, 9.17) is 0 Å². The van der Waals surface area contributed by atoms with E-state index in [0.717, 1.165) is 22.3 Å². The Bertz CT molecular complexity index is 1170. The number of hydrogen-bond acceptors (Lipinski definition) is 8. The molecule has 4 rings (SSSR count). The number of carbonyl (C=O) groups is 4. The predicted octanol–water partition coefficient (Wildman–Crippen LogP) is 1.43. The summed E-state index contributed by atoms with van der Waals surface area (Å²) in [7, 11) is 0. The molecule has 0 N–H and O–H groups in total. The van der Waals surface area contributed by atoms with Crippen molar-refractivity contribution in [2.75, 3.05) is 0 Å². The van der Waals surface area contributed by atoms with E-state index >= 15 is 0 Å². The van der Waals surface area contributed by atoms with E-state index in [1.165, 1.54) is 48.5 Å². The van der Waals surface area contributed by atoms with Crippen LogP contribution in [0, 0.1) is 27.7 Å². The SMILES string of the molecule is Cc1ccc(C(=O)[O-])cc1.Cc1ccc(C(=O)[O-])cc1.Cc1ccc(C(=O)[O-])cc1.Cc1ccc(C(=O)[O-])cc1.[Mo+4]. The van der Waals surface area contributed by atoms with Crippen molar-refractivity contribution in [3.05, 3.63) is 142 Å². The van der Waals surface area contributed by atoms with Crippen molar-refractivity contribution in [1.29, 1.82) is 0 Å². The van der Waals surface area contributed by atoms with Crippen LogP contribution in [0.15, 0.2) is 97.1 Å². The van der Waals surface area contributed by atoms with Crippen molar-refractivity contribution in [2.45, 2.75) is 27.7 Å². The summed E-state index contributed by atoms with van der Waals surface area (Å²) in [5.41, 5.74) is 5.09. The Kier molecular flexibility index (Phi) is 16.6. The predicted molar refractivity (Wildman–Crippen MR) is 142 cm³/mol. The van der Waals surface area contributed by atoms with E-state index in [9.17, 15) is 39.6 Å². The number of rotatable bonds is 4. The summed E-state index contributed by atoms with van der Waals surface area (Å²) in [6.45, 7) is 7.61. The summed E-state index contributed by atoms with van der Waals surface area (Å²) in [6, 6.07) is 26.2. The van der Waals surface area contributed by atoms with E-state index in [2.05, 4.69) is 0 Å². The first kappa shape index (κ1) is 36.4. The molecule has 8 nitrogen and oxygen atoms in total. The first-order valence-electron chi connectivity index (χ1n) is 11.9. The molecule has 4 aromatic carbocycles. The second kappa shape index (κ2) is 18.7. The Morgan fingerprint density at radius 2 is 0.463 bits per heavy atom. The number of carboxylic acid groups (broad SMARTS) is 4. The maximum atomic E-state index is 10.2. The maximum Gasteiger partial charge on any atom is 4.00 e. The van der Waals surface area contributed by atoms with Crippen LogP contribution in [-0.2, 0) is 21.1 Å². The molecule has 41 heavy (non-hydrogen) atoms. The fourth-order valence-corrected chi connectivity index (χ4v) is 2.76. The van der Waals surface area contributed by atoms with Crippen molar-refractivity contribution in [3.63, 3.8) is 0 Å². The molecular formula is C32H28MoO8. The van der Waals surface area contributed by atoms with Crippen LogP contribution < -0.4 is 20.4 Å². The van der Waals surface area contributed by atoms with Crippen molar-refractivity contribution in [2.24, 2.45) is 0 Å². The second-order valence-electron chi connectivity index (χ2n) is 8.61. The molecule has 0 radical (unpaired) electrons. The minimum Gasteiger partial charge on any atom is -0.545 e. The van der Waals surface area contributed by atoms with Crippen LogP contribution in [0.3, 0.4) is 0 Å². The topological polar surface area (TPSA) is 161 Å². The molecule has 0 atom stereocenters. The molecule has 0 amide bonds. The number of carbonyl (C=O) groups excluding carboxylic acids is 4. The second-order valence-corrected chi connectivity index (χ2v) is 8.61. The van der Waals surface area contributed by atoms with Gasteiger partial charge < -0.3 is 39.6 Å². The van der Waals surface area contributed by atoms with Crippen LogP contribution in [0.2, 0.25) is 0 Å². The number of carboxylic acids is 4. The molecule has 0 aliphatic rings. The largest absolute Gasteiger partial charge is 4.00 e. The Hall–Kier alpha value is -4.55. The molecule has 4 aromatic rings. The fourth-order valence-electron chi connectivity index (χ4n) is 2.76. The zero-order chi connectivity index (χ0) is 30.2. The third-order valence-corrected chi connectivity index (χ3v) is 5.15. The van der Waals surface area contributed by atoms with Gasteiger partial charge in [0.15, 0.2) is 0 Å². The molecule has 0 spiro atoms. The monoisotopic (exact) mass is 638 g/mol. The molecule has 0 aliphatic carbocycles. The molecule has 0 fully saturated rings. The molecule has 210 valence electrons. The van der Waals surface area contributed by atoms with Gasteiger partial charge in [0.1, 0.15) is 0 Å². The van der Waals surface area contributed by atoms with Crippen LogP contribution in [0.1, 0.15) is 63.7 Å². The number of aryl methyl sites for hydroxylation is 4. The number of hydrogen-bond donors (Lipinski definition) is 0. The van der Waals surface area contributed by atoms with Gasteiger partial charge in [-0.2, -0.15) is 0 Å². The van der Waals surface area contributed by atoms with Crippen molar-refractivity contribution < 1.29 is 60.7 Å². The number of benzene rings is 4. The Labute approximate surface area is 253 Å². The Morgan fingerprint density at radius 3 is 0.561 bits per heavy atom. The van der Waals surface area contributed by atoms with Crippen LogP contribution in [0.4, 0.5) is 0 Å². The quantitative estimate of drug-likeness (QED) is 0.304. The molecule has 0 bridgehead atoms. The first-order valence-corrected chi connectivity index (χ1v) is 11.9. The maximum absolute atomic E-state index is 10.2. The van der Waals surface area contributed by atoms with E-state index in [1.807, 2.05) is 27.7 Å². The molecule has 0 aromatic heterocycles. The van der Waals surface area contributed by atoms with Gasteiger partial charge in [0, 0.05) is 0 Å². The van der Waals surface area contributed by atoms with E-state index in [0.29, 0.717) is 0 Å². The summed E-state index contributed by atoms with van der Waals surface area (Å²) in [4.78, 5) is 40.8. The van der Waals surface area contributed by atoms with Gasteiger partial charge in [-0.3, -0.25) is 0 Å². The Balaban J connectivity index is 0.000000516. The zero-order valence-electron chi connectivity index (χ0n) is 22.9. The third-order valence-electron chi connectivity index (χ3n) is 5.15. The molecule has 0 unspecified atom stereocenters. The van der Waals surface area contributed by atoms with Crippen molar-refractivity contribution >= 4 is 23.9 Å². The van der Waals surface area contributed by atoms with Crippen LogP contribution in [-0.4, -0.2) is 23.9 Å². The van der Waals surface area contributed by atoms with Crippen molar-refractivity contribution in [3.8, 4) is 0 Å². The molecular weight excluding hydrogens is 608 g/mol. The molecule has 0 aliphatic heterocycles.